The summed E-state index contributed by atoms with van der Waals surface area (Å²) < 4.78 is 18.7. The minimum Gasteiger partial charge on any atom is -0.494 e. The molecule has 0 atom stereocenters. The third-order valence-electron chi connectivity index (χ3n) is 4.14. The number of rotatable bonds is 9. The van der Waals surface area contributed by atoms with Crippen molar-refractivity contribution in [3.63, 3.8) is 0 Å². The number of aryl methyl sites for hydroxylation is 1. The molecule has 28 heavy (non-hydrogen) atoms. The quantitative estimate of drug-likeness (QED) is 0.521. The molecule has 0 bridgehead atoms. The van der Waals surface area contributed by atoms with Crippen LogP contribution >= 0.6 is 0 Å². The van der Waals surface area contributed by atoms with E-state index < -0.39 is 0 Å². The molecule has 0 heterocycles. The Bertz CT molecular complexity index is 883. The van der Waals surface area contributed by atoms with Crippen molar-refractivity contribution in [2.45, 2.75) is 12.8 Å². The van der Waals surface area contributed by atoms with E-state index in [0.29, 0.717) is 18.0 Å². The van der Waals surface area contributed by atoms with Gasteiger partial charge in [0.2, 0.25) is 5.91 Å². The summed E-state index contributed by atoms with van der Waals surface area (Å²) in [6.07, 6.45) is 1.88. The molecule has 0 aliphatic rings. The van der Waals surface area contributed by atoms with E-state index in [9.17, 15) is 9.18 Å². The van der Waals surface area contributed by atoms with Crippen LogP contribution in [0.5, 0.6) is 5.75 Å². The van der Waals surface area contributed by atoms with Crippen LogP contribution in [0.4, 0.5) is 15.8 Å². The summed E-state index contributed by atoms with van der Waals surface area (Å²) >= 11 is 0. The summed E-state index contributed by atoms with van der Waals surface area (Å²) in [6, 6.07) is 23.5. The first kappa shape index (κ1) is 19.4. The number of nitrogens with one attached hydrogen (secondary N) is 2. The molecule has 0 aliphatic heterocycles. The van der Waals surface area contributed by atoms with E-state index in [4.69, 9.17) is 4.74 Å². The van der Waals surface area contributed by atoms with Gasteiger partial charge in [-0.3, -0.25) is 4.79 Å². The molecule has 0 saturated heterocycles. The summed E-state index contributed by atoms with van der Waals surface area (Å²) in [6.45, 7) is 0.701. The number of anilines is 2. The number of carbonyl (C=O) groups is 1. The lowest BCUT2D eigenvalue weighted by Crippen LogP contribution is -2.21. The lowest BCUT2D eigenvalue weighted by atomic mass is 10.1. The molecule has 5 heteroatoms. The average molecular weight is 378 g/mol. The van der Waals surface area contributed by atoms with Gasteiger partial charge in [0.05, 0.1) is 13.2 Å². The Kier molecular flexibility index (Phi) is 7.01. The normalized spacial score (nSPS) is 10.3. The number of hydrogen-bond donors (Lipinski definition) is 2. The van der Waals surface area contributed by atoms with E-state index in [-0.39, 0.29) is 18.3 Å². The molecule has 144 valence electrons. The smallest absolute Gasteiger partial charge is 0.243 e. The van der Waals surface area contributed by atoms with E-state index in [1.54, 1.807) is 18.2 Å². The van der Waals surface area contributed by atoms with Crippen molar-refractivity contribution in [3.8, 4) is 5.75 Å². The molecule has 0 aliphatic carbocycles. The fourth-order valence-electron chi connectivity index (χ4n) is 2.73. The number of hydrogen-bond acceptors (Lipinski definition) is 3. The van der Waals surface area contributed by atoms with Crippen LogP contribution in [0.2, 0.25) is 0 Å². The number of benzene rings is 3. The summed E-state index contributed by atoms with van der Waals surface area (Å²) in [4.78, 5) is 12.1. The van der Waals surface area contributed by atoms with Crippen molar-refractivity contribution in [3.05, 3.63) is 90.2 Å². The Hall–Kier alpha value is -3.34. The van der Waals surface area contributed by atoms with Gasteiger partial charge in [-0.2, -0.15) is 0 Å². The Labute approximate surface area is 164 Å². The molecule has 3 rings (SSSR count). The van der Waals surface area contributed by atoms with Crippen molar-refractivity contribution in [1.29, 1.82) is 0 Å². The van der Waals surface area contributed by atoms with Crippen molar-refractivity contribution in [2.24, 2.45) is 0 Å². The van der Waals surface area contributed by atoms with Crippen molar-refractivity contribution in [1.82, 2.24) is 0 Å². The minimum absolute atomic E-state index is 0.0911. The maximum Gasteiger partial charge on any atom is 0.243 e. The molecule has 0 aromatic heterocycles. The highest BCUT2D eigenvalue weighted by atomic mass is 19.1. The highest BCUT2D eigenvalue weighted by molar-refractivity contribution is 5.93. The van der Waals surface area contributed by atoms with Crippen LogP contribution in [0.3, 0.4) is 0 Å². The minimum atomic E-state index is -0.310. The van der Waals surface area contributed by atoms with Crippen LogP contribution < -0.4 is 15.4 Å². The lowest BCUT2D eigenvalue weighted by Gasteiger charge is -2.10. The Morgan fingerprint density at radius 2 is 1.68 bits per heavy atom. The highest BCUT2D eigenvalue weighted by Crippen LogP contribution is 2.18. The highest BCUT2D eigenvalue weighted by Gasteiger charge is 2.04. The molecule has 0 unspecified atom stereocenters. The predicted molar refractivity (Wildman–Crippen MR) is 110 cm³/mol. The second-order valence-electron chi connectivity index (χ2n) is 6.37. The van der Waals surface area contributed by atoms with Crippen molar-refractivity contribution >= 4 is 17.3 Å². The van der Waals surface area contributed by atoms with E-state index in [2.05, 4.69) is 22.8 Å². The van der Waals surface area contributed by atoms with E-state index in [1.807, 2.05) is 36.4 Å². The molecule has 0 radical (unpaired) electrons. The van der Waals surface area contributed by atoms with Crippen LogP contribution in [0.25, 0.3) is 0 Å². The van der Waals surface area contributed by atoms with Crippen molar-refractivity contribution < 1.29 is 13.9 Å². The molecular formula is C23H23FN2O2. The van der Waals surface area contributed by atoms with Crippen LogP contribution in [-0.4, -0.2) is 19.1 Å². The number of ether oxygens (including phenoxy) is 1. The number of carbonyl (C=O) groups excluding carboxylic acids is 1. The maximum absolute atomic E-state index is 12.9. The van der Waals surface area contributed by atoms with E-state index >= 15 is 0 Å². The zero-order valence-corrected chi connectivity index (χ0v) is 15.5. The first-order valence-corrected chi connectivity index (χ1v) is 9.25. The molecular weight excluding hydrogens is 355 g/mol. The van der Waals surface area contributed by atoms with Crippen LogP contribution in [0.15, 0.2) is 78.9 Å². The molecule has 3 aromatic rings. The summed E-state index contributed by atoms with van der Waals surface area (Å²) in [5, 5.41) is 5.78. The number of amides is 1. The fraction of sp³-hybridized carbons (Fsp3) is 0.174. The Morgan fingerprint density at radius 3 is 2.46 bits per heavy atom. The van der Waals surface area contributed by atoms with Gasteiger partial charge < -0.3 is 15.4 Å². The fourth-order valence-corrected chi connectivity index (χ4v) is 2.73. The van der Waals surface area contributed by atoms with Gasteiger partial charge >= 0.3 is 0 Å². The second kappa shape index (κ2) is 10.1. The van der Waals surface area contributed by atoms with Crippen LogP contribution in [0.1, 0.15) is 12.0 Å². The Morgan fingerprint density at radius 1 is 0.893 bits per heavy atom. The molecule has 3 aromatic carbocycles. The summed E-state index contributed by atoms with van der Waals surface area (Å²) in [5.74, 6) is 0.221. The summed E-state index contributed by atoms with van der Waals surface area (Å²) in [7, 11) is 0. The molecule has 0 spiro atoms. The topological polar surface area (TPSA) is 50.4 Å². The van der Waals surface area contributed by atoms with Gasteiger partial charge in [0.25, 0.3) is 0 Å². The number of halogens is 1. The third kappa shape index (κ3) is 6.43. The maximum atomic E-state index is 12.9. The van der Waals surface area contributed by atoms with Gasteiger partial charge in [-0.05, 0) is 54.8 Å². The second-order valence-corrected chi connectivity index (χ2v) is 6.37. The van der Waals surface area contributed by atoms with Gasteiger partial charge in [-0.25, -0.2) is 4.39 Å². The molecule has 0 fully saturated rings. The largest absolute Gasteiger partial charge is 0.494 e. The summed E-state index contributed by atoms with van der Waals surface area (Å²) in [5.41, 5.74) is 2.65. The first-order chi connectivity index (χ1) is 13.7. The predicted octanol–water partition coefficient (Wildman–Crippen LogP) is 4.89. The lowest BCUT2D eigenvalue weighted by molar-refractivity contribution is -0.114. The zero-order chi connectivity index (χ0) is 19.6. The monoisotopic (exact) mass is 378 g/mol. The average Bonchev–Trinajstić information content (AvgIpc) is 2.72. The van der Waals surface area contributed by atoms with Crippen LogP contribution in [0, 0.1) is 5.82 Å². The first-order valence-electron chi connectivity index (χ1n) is 9.25. The molecule has 0 saturated carbocycles. The molecule has 2 N–H and O–H groups in total. The third-order valence-corrected chi connectivity index (χ3v) is 4.14. The SMILES string of the molecule is O=C(CNc1ccc(F)cc1)Nc1cccc(OCCCc2ccccc2)c1. The van der Waals surface area contributed by atoms with E-state index in [1.165, 1.54) is 17.7 Å². The van der Waals surface area contributed by atoms with Crippen LogP contribution in [-0.2, 0) is 11.2 Å². The van der Waals surface area contributed by atoms with Gasteiger partial charge in [-0.1, -0.05) is 36.4 Å². The Balaban J connectivity index is 1.42. The van der Waals surface area contributed by atoms with Gasteiger partial charge in [-0.15, -0.1) is 0 Å². The van der Waals surface area contributed by atoms with Gasteiger partial charge in [0.1, 0.15) is 11.6 Å². The van der Waals surface area contributed by atoms with Gasteiger partial charge in [0.15, 0.2) is 0 Å². The van der Waals surface area contributed by atoms with E-state index in [0.717, 1.165) is 18.6 Å². The molecule has 1 amide bonds. The van der Waals surface area contributed by atoms with Gasteiger partial charge in [0, 0.05) is 17.4 Å². The zero-order valence-electron chi connectivity index (χ0n) is 15.5. The van der Waals surface area contributed by atoms with Crippen molar-refractivity contribution in [2.75, 3.05) is 23.8 Å². The standard InChI is InChI=1S/C23H23FN2O2/c24-19-11-13-20(14-12-19)25-17-23(27)26-21-9-4-10-22(16-21)28-15-5-8-18-6-2-1-3-7-18/h1-4,6-7,9-14,16,25H,5,8,15,17H2,(H,26,27). The molecule has 4 nitrogen and oxygen atoms in total.